The maximum Gasteiger partial charge on any atom is 0.137 e. The van der Waals surface area contributed by atoms with E-state index in [0.29, 0.717) is 6.04 Å². The minimum atomic E-state index is 0.366. The fourth-order valence-electron chi connectivity index (χ4n) is 2.92. The second-order valence-corrected chi connectivity index (χ2v) is 5.27. The second-order valence-electron chi connectivity index (χ2n) is 5.27. The van der Waals surface area contributed by atoms with Crippen molar-refractivity contribution in [1.82, 2.24) is 19.5 Å². The van der Waals surface area contributed by atoms with E-state index in [1.165, 1.54) is 11.3 Å². The van der Waals surface area contributed by atoms with Crippen LogP contribution in [0, 0.1) is 6.92 Å². The second kappa shape index (κ2) is 4.30. The molecular weight excluding hydrogens is 250 g/mol. The van der Waals surface area contributed by atoms with Gasteiger partial charge in [-0.2, -0.15) is 0 Å². The summed E-state index contributed by atoms with van der Waals surface area (Å²) in [7, 11) is 0. The molecule has 5 nitrogen and oxygen atoms in total. The van der Waals surface area contributed by atoms with Crippen molar-refractivity contribution in [3.05, 3.63) is 48.3 Å². The van der Waals surface area contributed by atoms with Crippen molar-refractivity contribution in [3.8, 4) is 0 Å². The van der Waals surface area contributed by atoms with Crippen LogP contribution in [0.25, 0.3) is 10.9 Å². The highest BCUT2D eigenvalue weighted by atomic mass is 15.1. The zero-order valence-electron chi connectivity index (χ0n) is 11.2. The van der Waals surface area contributed by atoms with Crippen molar-refractivity contribution in [1.29, 1.82) is 0 Å². The van der Waals surface area contributed by atoms with E-state index in [1.54, 1.807) is 6.33 Å². The number of hydrogen-bond acceptors (Lipinski definition) is 4. The summed E-state index contributed by atoms with van der Waals surface area (Å²) in [5.41, 5.74) is 3.46. The number of nitrogens with one attached hydrogen (secondary N) is 1. The normalized spacial score (nSPS) is 17.4. The van der Waals surface area contributed by atoms with Gasteiger partial charge in [-0.3, -0.25) is 0 Å². The van der Waals surface area contributed by atoms with Crippen LogP contribution in [0.1, 0.15) is 11.3 Å². The van der Waals surface area contributed by atoms with E-state index in [2.05, 4.69) is 37.8 Å². The molecule has 5 heteroatoms. The Hall–Kier alpha value is -2.43. The summed E-state index contributed by atoms with van der Waals surface area (Å²) < 4.78 is 2.19. The lowest BCUT2D eigenvalue weighted by atomic mass is 10.1. The van der Waals surface area contributed by atoms with Crippen molar-refractivity contribution in [2.24, 2.45) is 0 Å². The van der Waals surface area contributed by atoms with Crippen molar-refractivity contribution in [2.75, 3.05) is 5.32 Å². The molecule has 1 atom stereocenters. The van der Waals surface area contributed by atoms with Crippen LogP contribution in [0.4, 0.5) is 5.82 Å². The Morgan fingerprint density at radius 3 is 3.15 bits per heavy atom. The molecule has 1 aliphatic heterocycles. The van der Waals surface area contributed by atoms with Crippen LogP contribution in [0.2, 0.25) is 0 Å². The quantitative estimate of drug-likeness (QED) is 0.771. The molecule has 0 amide bonds. The van der Waals surface area contributed by atoms with E-state index in [4.69, 9.17) is 0 Å². The molecule has 20 heavy (non-hydrogen) atoms. The molecule has 0 saturated heterocycles. The van der Waals surface area contributed by atoms with E-state index in [9.17, 15) is 0 Å². The third kappa shape index (κ3) is 1.74. The molecule has 0 bridgehead atoms. The molecule has 1 N–H and O–H groups in total. The summed E-state index contributed by atoms with van der Waals surface area (Å²) in [5.74, 6) is 0.928. The first-order chi connectivity index (χ1) is 9.81. The molecule has 0 unspecified atom stereocenters. The van der Waals surface area contributed by atoms with E-state index < -0.39 is 0 Å². The molecule has 3 aromatic rings. The lowest BCUT2D eigenvalue weighted by molar-refractivity contribution is 0.669. The Labute approximate surface area is 116 Å². The minimum Gasteiger partial charge on any atom is -0.365 e. The van der Waals surface area contributed by atoms with Crippen LogP contribution in [-0.2, 0) is 13.0 Å². The number of aromatic nitrogens is 4. The van der Waals surface area contributed by atoms with Gasteiger partial charge in [-0.15, -0.1) is 0 Å². The highest BCUT2D eigenvalue weighted by Crippen LogP contribution is 2.25. The average molecular weight is 265 g/mol. The number of imidazole rings is 1. The number of benzene rings is 1. The molecule has 0 spiro atoms. The molecule has 0 fully saturated rings. The number of rotatable bonds is 2. The third-order valence-electron chi connectivity index (χ3n) is 3.88. The monoisotopic (exact) mass is 265 g/mol. The molecule has 0 saturated carbocycles. The predicted molar refractivity (Wildman–Crippen MR) is 77.6 cm³/mol. The fraction of sp³-hybridized carbons (Fsp3) is 0.267. The molecular formula is C15H15N5. The molecule has 0 radical (unpaired) electrons. The maximum atomic E-state index is 4.43. The van der Waals surface area contributed by atoms with Crippen molar-refractivity contribution in [2.45, 2.75) is 25.9 Å². The Bertz CT molecular complexity index is 751. The van der Waals surface area contributed by atoms with Crippen LogP contribution in [0.5, 0.6) is 0 Å². The highest BCUT2D eigenvalue weighted by Gasteiger charge is 2.22. The molecule has 3 heterocycles. The third-order valence-corrected chi connectivity index (χ3v) is 3.88. The summed E-state index contributed by atoms with van der Waals surface area (Å²) in [6, 6.07) is 6.52. The number of nitrogens with zero attached hydrogens (tertiary/aromatic N) is 4. The van der Waals surface area contributed by atoms with Gasteiger partial charge in [0.05, 0.1) is 17.9 Å². The Morgan fingerprint density at radius 2 is 2.25 bits per heavy atom. The molecule has 1 aliphatic rings. The number of fused-ring (bicyclic) bond motifs is 2. The number of anilines is 1. The van der Waals surface area contributed by atoms with Crippen LogP contribution in [0.15, 0.2) is 37.1 Å². The summed E-state index contributed by atoms with van der Waals surface area (Å²) in [4.78, 5) is 12.9. The van der Waals surface area contributed by atoms with Gasteiger partial charge in [-0.1, -0.05) is 12.1 Å². The zero-order chi connectivity index (χ0) is 13.5. The first-order valence-electron chi connectivity index (χ1n) is 6.77. The van der Waals surface area contributed by atoms with Crippen LogP contribution in [-0.4, -0.2) is 25.6 Å². The first kappa shape index (κ1) is 11.4. The maximum absolute atomic E-state index is 4.43. The van der Waals surface area contributed by atoms with Gasteiger partial charge in [0, 0.05) is 30.2 Å². The predicted octanol–water partition coefficient (Wildman–Crippen LogP) is 2.17. The van der Waals surface area contributed by atoms with Gasteiger partial charge in [0.25, 0.3) is 0 Å². The molecule has 2 aromatic heterocycles. The van der Waals surface area contributed by atoms with Crippen LogP contribution >= 0.6 is 0 Å². The number of hydrogen-bond donors (Lipinski definition) is 1. The summed E-state index contributed by atoms with van der Waals surface area (Å²) in [5, 5.41) is 4.67. The van der Waals surface area contributed by atoms with Crippen molar-refractivity contribution in [3.63, 3.8) is 0 Å². The van der Waals surface area contributed by atoms with E-state index in [0.717, 1.165) is 29.7 Å². The average Bonchev–Trinajstić information content (AvgIpc) is 3.00. The summed E-state index contributed by atoms with van der Waals surface area (Å²) >= 11 is 0. The van der Waals surface area contributed by atoms with Crippen LogP contribution < -0.4 is 5.32 Å². The largest absolute Gasteiger partial charge is 0.365 e. The lowest BCUT2D eigenvalue weighted by Gasteiger charge is -2.15. The Balaban J connectivity index is 1.68. The number of aryl methyl sites for hydroxylation is 1. The van der Waals surface area contributed by atoms with E-state index in [-0.39, 0.29) is 0 Å². The van der Waals surface area contributed by atoms with E-state index in [1.807, 2.05) is 24.7 Å². The summed E-state index contributed by atoms with van der Waals surface area (Å²) in [6.45, 7) is 3.03. The van der Waals surface area contributed by atoms with Gasteiger partial charge in [0.15, 0.2) is 0 Å². The van der Waals surface area contributed by atoms with Crippen molar-refractivity contribution >= 4 is 16.7 Å². The van der Waals surface area contributed by atoms with Gasteiger partial charge < -0.3 is 9.88 Å². The van der Waals surface area contributed by atoms with Crippen LogP contribution in [0.3, 0.4) is 0 Å². The Morgan fingerprint density at radius 1 is 1.30 bits per heavy atom. The van der Waals surface area contributed by atoms with Gasteiger partial charge in [-0.05, 0) is 18.6 Å². The summed E-state index contributed by atoms with van der Waals surface area (Å²) in [6.07, 6.45) is 6.43. The van der Waals surface area contributed by atoms with Gasteiger partial charge in [0.2, 0.25) is 0 Å². The minimum absolute atomic E-state index is 0.366. The van der Waals surface area contributed by atoms with E-state index >= 15 is 0 Å². The smallest absolute Gasteiger partial charge is 0.137 e. The first-order valence-corrected chi connectivity index (χ1v) is 6.77. The molecule has 4 rings (SSSR count). The molecule has 0 aliphatic carbocycles. The van der Waals surface area contributed by atoms with Crippen molar-refractivity contribution < 1.29 is 0 Å². The topological polar surface area (TPSA) is 55.6 Å². The zero-order valence-corrected chi connectivity index (χ0v) is 11.2. The fourth-order valence-corrected chi connectivity index (χ4v) is 2.92. The molecule has 100 valence electrons. The van der Waals surface area contributed by atoms with Gasteiger partial charge in [0.1, 0.15) is 12.1 Å². The van der Waals surface area contributed by atoms with Gasteiger partial charge >= 0.3 is 0 Å². The SMILES string of the molecule is Cc1cccc2ncnc(N[C@H]3Cc4cncn4C3)c12. The highest BCUT2D eigenvalue weighted by molar-refractivity contribution is 5.91. The standard InChI is InChI=1S/C15H15N5/c1-10-3-2-4-13-14(10)15(18-8-17-13)19-11-5-12-6-16-9-20(12)7-11/h2-4,6,8-9,11H,5,7H2,1H3,(H,17,18,19)/t11-/m0/s1. The lowest BCUT2D eigenvalue weighted by Crippen LogP contribution is -2.21. The van der Waals surface area contributed by atoms with Gasteiger partial charge in [-0.25, -0.2) is 15.0 Å². The molecule has 1 aromatic carbocycles. The Kier molecular flexibility index (Phi) is 2.45.